The van der Waals surface area contributed by atoms with Crippen molar-refractivity contribution in [3.05, 3.63) is 47.0 Å². The third kappa shape index (κ3) is 4.28. The Labute approximate surface area is 130 Å². The molecule has 0 fully saturated rings. The summed E-state index contributed by atoms with van der Waals surface area (Å²) in [4.78, 5) is 15.6. The molecule has 0 spiro atoms. The second kappa shape index (κ2) is 6.78. The number of ether oxygens (including phenoxy) is 1. The van der Waals surface area contributed by atoms with E-state index in [0.29, 0.717) is 11.3 Å². The quantitative estimate of drug-likeness (QED) is 0.910. The van der Waals surface area contributed by atoms with Crippen molar-refractivity contribution in [1.82, 2.24) is 20.1 Å². The lowest BCUT2D eigenvalue weighted by atomic mass is 10.2. The molecule has 0 atom stereocenters. The molecule has 0 aliphatic carbocycles. The number of hydrogen-bond donors (Lipinski definition) is 1. The molecule has 0 radical (unpaired) electrons. The van der Waals surface area contributed by atoms with Gasteiger partial charge in [-0.2, -0.15) is 18.3 Å². The van der Waals surface area contributed by atoms with Crippen molar-refractivity contribution in [3.8, 4) is 0 Å². The topological polar surface area (TPSA) is 69.0 Å². The van der Waals surface area contributed by atoms with Crippen molar-refractivity contribution in [1.29, 1.82) is 0 Å². The summed E-state index contributed by atoms with van der Waals surface area (Å²) < 4.78 is 44.2. The predicted molar refractivity (Wildman–Crippen MR) is 74.3 cm³/mol. The van der Waals surface area contributed by atoms with E-state index in [4.69, 9.17) is 4.74 Å². The molecule has 0 unspecified atom stereocenters. The van der Waals surface area contributed by atoms with Crippen LogP contribution in [0.5, 0.6) is 0 Å². The zero-order chi connectivity index (χ0) is 17.0. The number of hydrogen-bond acceptors (Lipinski definition) is 4. The number of nitrogens with zero attached hydrogens (tertiary/aromatic N) is 3. The zero-order valence-electron chi connectivity index (χ0n) is 12.5. The van der Waals surface area contributed by atoms with Crippen LogP contribution in [0.1, 0.15) is 27.4 Å². The number of amides is 1. The molecule has 0 saturated heterocycles. The van der Waals surface area contributed by atoms with Gasteiger partial charge in [-0.1, -0.05) is 6.07 Å². The molecular formula is C14H15F3N4O2. The lowest BCUT2D eigenvalue weighted by Gasteiger charge is -2.08. The van der Waals surface area contributed by atoms with E-state index in [0.717, 1.165) is 6.07 Å². The van der Waals surface area contributed by atoms with Crippen molar-refractivity contribution in [2.75, 3.05) is 7.11 Å². The molecule has 0 aliphatic rings. The van der Waals surface area contributed by atoms with E-state index < -0.39 is 17.8 Å². The van der Waals surface area contributed by atoms with E-state index in [1.165, 1.54) is 30.1 Å². The Morgan fingerprint density at radius 2 is 2.13 bits per heavy atom. The lowest BCUT2D eigenvalue weighted by Crippen LogP contribution is -2.24. The maximum Gasteiger partial charge on any atom is 0.433 e. The van der Waals surface area contributed by atoms with Crippen molar-refractivity contribution in [2.45, 2.75) is 19.3 Å². The van der Waals surface area contributed by atoms with Gasteiger partial charge in [0.25, 0.3) is 5.91 Å². The molecule has 0 bridgehead atoms. The van der Waals surface area contributed by atoms with Crippen LogP contribution in [-0.2, 0) is 31.1 Å². The van der Waals surface area contributed by atoms with Gasteiger partial charge in [-0.25, -0.2) is 4.98 Å². The highest BCUT2D eigenvalue weighted by atomic mass is 19.4. The number of nitrogens with one attached hydrogen (secondary N) is 1. The fourth-order valence-electron chi connectivity index (χ4n) is 1.97. The number of rotatable bonds is 5. The summed E-state index contributed by atoms with van der Waals surface area (Å²) >= 11 is 0. The lowest BCUT2D eigenvalue weighted by molar-refractivity contribution is -0.141. The number of alkyl halides is 3. The molecular weight excluding hydrogens is 313 g/mol. The van der Waals surface area contributed by atoms with Crippen LogP contribution in [0, 0.1) is 0 Å². The fraction of sp³-hybridized carbons (Fsp3) is 0.357. The Hall–Kier alpha value is -2.42. The van der Waals surface area contributed by atoms with Gasteiger partial charge in [-0.05, 0) is 12.1 Å². The number of carbonyl (C=O) groups is 1. The number of aryl methyl sites for hydroxylation is 1. The Morgan fingerprint density at radius 1 is 1.39 bits per heavy atom. The van der Waals surface area contributed by atoms with Gasteiger partial charge in [0.15, 0.2) is 0 Å². The first-order valence-electron chi connectivity index (χ1n) is 6.64. The largest absolute Gasteiger partial charge is 0.433 e. The maximum atomic E-state index is 12.6. The minimum atomic E-state index is -4.52. The van der Waals surface area contributed by atoms with Gasteiger partial charge < -0.3 is 10.1 Å². The fourth-order valence-corrected chi connectivity index (χ4v) is 1.97. The molecule has 2 aromatic heterocycles. The second-order valence-electron chi connectivity index (χ2n) is 4.79. The van der Waals surface area contributed by atoms with Gasteiger partial charge in [0.05, 0.1) is 24.4 Å². The monoisotopic (exact) mass is 328 g/mol. The van der Waals surface area contributed by atoms with E-state index in [1.807, 2.05) is 0 Å². The van der Waals surface area contributed by atoms with Crippen LogP contribution in [0.3, 0.4) is 0 Å². The molecule has 9 heteroatoms. The van der Waals surface area contributed by atoms with Gasteiger partial charge in [-0.15, -0.1) is 0 Å². The summed E-state index contributed by atoms with van der Waals surface area (Å²) in [6, 6.07) is 3.54. The predicted octanol–water partition coefficient (Wildman–Crippen LogP) is 1.91. The normalized spacial score (nSPS) is 11.5. The molecule has 1 N–H and O–H groups in total. The minimum Gasteiger partial charge on any atom is -0.378 e. The van der Waals surface area contributed by atoms with E-state index in [9.17, 15) is 18.0 Å². The van der Waals surface area contributed by atoms with E-state index in [1.54, 1.807) is 7.05 Å². The SMILES string of the molecule is COCc1nn(C)cc1C(=O)NCc1cccc(C(F)(F)F)n1. The maximum absolute atomic E-state index is 12.6. The molecule has 2 rings (SSSR count). The van der Waals surface area contributed by atoms with Crippen LogP contribution in [-0.4, -0.2) is 27.8 Å². The molecule has 0 aliphatic heterocycles. The number of carbonyl (C=O) groups excluding carboxylic acids is 1. The van der Waals surface area contributed by atoms with Crippen molar-refractivity contribution in [3.63, 3.8) is 0 Å². The van der Waals surface area contributed by atoms with Crippen molar-refractivity contribution >= 4 is 5.91 Å². The third-order valence-electron chi connectivity index (χ3n) is 2.96. The molecule has 0 aromatic carbocycles. The first-order chi connectivity index (χ1) is 10.8. The van der Waals surface area contributed by atoms with Crippen LogP contribution < -0.4 is 5.32 Å². The molecule has 2 heterocycles. The average molecular weight is 328 g/mol. The molecule has 2 aromatic rings. The summed E-state index contributed by atoms with van der Waals surface area (Å²) in [5.74, 6) is -0.454. The third-order valence-corrected chi connectivity index (χ3v) is 2.96. The number of halogens is 3. The van der Waals surface area contributed by atoms with Crippen LogP contribution in [0.2, 0.25) is 0 Å². The standard InChI is InChI=1S/C14H15F3N4O2/c1-21-7-10(11(20-21)8-23-2)13(22)18-6-9-4-3-5-12(19-9)14(15,16)17/h3-5,7H,6,8H2,1-2H3,(H,18,22). The van der Waals surface area contributed by atoms with Gasteiger partial charge in [0, 0.05) is 20.4 Å². The Morgan fingerprint density at radius 3 is 2.78 bits per heavy atom. The highest BCUT2D eigenvalue weighted by Gasteiger charge is 2.32. The second-order valence-corrected chi connectivity index (χ2v) is 4.79. The molecule has 23 heavy (non-hydrogen) atoms. The zero-order valence-corrected chi connectivity index (χ0v) is 12.5. The highest BCUT2D eigenvalue weighted by molar-refractivity contribution is 5.95. The summed E-state index contributed by atoms with van der Waals surface area (Å²) in [6.07, 6.45) is -3.00. The summed E-state index contributed by atoms with van der Waals surface area (Å²) in [6.45, 7) is 0.0372. The smallest absolute Gasteiger partial charge is 0.378 e. The van der Waals surface area contributed by atoms with Crippen LogP contribution in [0.4, 0.5) is 13.2 Å². The highest BCUT2D eigenvalue weighted by Crippen LogP contribution is 2.27. The van der Waals surface area contributed by atoms with Gasteiger partial charge in [-0.3, -0.25) is 9.48 Å². The molecule has 1 amide bonds. The Kier molecular flexibility index (Phi) is 4.99. The van der Waals surface area contributed by atoms with Crippen molar-refractivity contribution < 1.29 is 22.7 Å². The summed E-state index contributed by atoms with van der Waals surface area (Å²) in [5, 5.41) is 6.62. The van der Waals surface area contributed by atoms with Gasteiger partial charge >= 0.3 is 6.18 Å². The minimum absolute atomic E-state index is 0.116. The number of aromatic nitrogens is 3. The number of methoxy groups -OCH3 is 1. The Bertz CT molecular complexity index is 698. The van der Waals surface area contributed by atoms with Gasteiger partial charge in [0.2, 0.25) is 0 Å². The number of pyridine rings is 1. The average Bonchev–Trinajstić information content (AvgIpc) is 2.85. The first kappa shape index (κ1) is 16.9. The summed E-state index contributed by atoms with van der Waals surface area (Å²) in [7, 11) is 3.13. The molecule has 0 saturated carbocycles. The summed E-state index contributed by atoms with van der Waals surface area (Å²) in [5.41, 5.74) is -0.123. The van der Waals surface area contributed by atoms with E-state index in [2.05, 4.69) is 15.4 Å². The Balaban J connectivity index is 2.08. The first-order valence-corrected chi connectivity index (χ1v) is 6.64. The van der Waals surface area contributed by atoms with Crippen LogP contribution >= 0.6 is 0 Å². The van der Waals surface area contributed by atoms with Crippen LogP contribution in [0.25, 0.3) is 0 Å². The van der Waals surface area contributed by atoms with E-state index in [-0.39, 0.29) is 18.8 Å². The van der Waals surface area contributed by atoms with E-state index >= 15 is 0 Å². The molecule has 124 valence electrons. The molecule has 6 nitrogen and oxygen atoms in total. The van der Waals surface area contributed by atoms with Gasteiger partial charge in [0.1, 0.15) is 11.4 Å². The van der Waals surface area contributed by atoms with Crippen molar-refractivity contribution in [2.24, 2.45) is 7.05 Å². The van der Waals surface area contributed by atoms with Crippen LogP contribution in [0.15, 0.2) is 24.4 Å².